The number of carbonyl (C=O) groups is 2. The third-order valence-electron chi connectivity index (χ3n) is 6.36. The second-order valence-electron chi connectivity index (χ2n) is 8.97. The number of Topliss-reactive ketones (excluding diaryl/α,β-unsaturated/α-hetero) is 1. The lowest BCUT2D eigenvalue weighted by Crippen LogP contribution is -2.36. The van der Waals surface area contributed by atoms with Gasteiger partial charge in [-0.1, -0.05) is 18.2 Å². The van der Waals surface area contributed by atoms with Crippen molar-refractivity contribution in [2.45, 2.75) is 37.9 Å². The fraction of sp³-hybridized carbons (Fsp3) is 0.259. The fourth-order valence-corrected chi connectivity index (χ4v) is 4.62. The number of hydrogen-bond acceptors (Lipinski definition) is 5. The molecule has 1 unspecified atom stereocenters. The van der Waals surface area contributed by atoms with E-state index in [9.17, 15) is 19.2 Å². The molecule has 1 amide bonds. The number of carbonyl (C=O) groups excluding carboxylic acids is 2. The molecule has 0 bridgehead atoms. The standard InChI is InChI=1S/C27H22FN3O3/c1-27(28)14-20(15-29)31(16-27)26(33)7-6-24(32)21-8-10-30-23-5-4-18(12-22(21)23)19-3-2-17-9-11-34-25(17)13-19/h2-5,8-13,20H,6-7,14,16H2,1H3/t20-,27?/m0/s1. The van der Waals surface area contributed by atoms with Gasteiger partial charge in [-0.2, -0.15) is 5.26 Å². The first-order chi connectivity index (χ1) is 16.3. The third-order valence-corrected chi connectivity index (χ3v) is 6.36. The molecule has 2 aromatic heterocycles. The van der Waals surface area contributed by atoms with Gasteiger partial charge in [-0.15, -0.1) is 0 Å². The highest BCUT2D eigenvalue weighted by atomic mass is 19.1. The van der Waals surface area contributed by atoms with Crippen LogP contribution in [0.3, 0.4) is 0 Å². The molecular formula is C27H22FN3O3. The van der Waals surface area contributed by atoms with Crippen LogP contribution < -0.4 is 0 Å². The maximum absolute atomic E-state index is 14.3. The first-order valence-electron chi connectivity index (χ1n) is 11.1. The highest BCUT2D eigenvalue weighted by Gasteiger charge is 2.43. The molecule has 0 spiro atoms. The number of nitriles is 1. The van der Waals surface area contributed by atoms with Crippen LogP contribution in [0, 0.1) is 11.3 Å². The Bertz CT molecular complexity index is 1470. The van der Waals surface area contributed by atoms with Gasteiger partial charge in [0.2, 0.25) is 5.91 Å². The van der Waals surface area contributed by atoms with Crippen LogP contribution in [0.15, 0.2) is 65.4 Å². The lowest BCUT2D eigenvalue weighted by Gasteiger charge is -2.19. The average Bonchev–Trinajstić information content (AvgIpc) is 3.44. The Kier molecular flexibility index (Phi) is 5.37. The number of halogens is 1. The maximum atomic E-state index is 14.3. The Balaban J connectivity index is 1.38. The number of hydrogen-bond donors (Lipinski definition) is 0. The fourth-order valence-electron chi connectivity index (χ4n) is 4.62. The van der Waals surface area contributed by atoms with Crippen molar-refractivity contribution >= 4 is 33.6 Å². The highest BCUT2D eigenvalue weighted by molar-refractivity contribution is 6.08. The Morgan fingerprint density at radius 3 is 2.79 bits per heavy atom. The topological polar surface area (TPSA) is 87.2 Å². The van der Waals surface area contributed by atoms with Crippen LogP contribution in [0.5, 0.6) is 0 Å². The second-order valence-corrected chi connectivity index (χ2v) is 8.97. The first-order valence-corrected chi connectivity index (χ1v) is 11.1. The molecule has 4 aromatic rings. The number of nitrogens with zero attached hydrogens (tertiary/aromatic N) is 3. The largest absolute Gasteiger partial charge is 0.464 e. The van der Waals surface area contributed by atoms with Gasteiger partial charge < -0.3 is 9.32 Å². The normalized spacial score (nSPS) is 20.0. The van der Waals surface area contributed by atoms with E-state index in [4.69, 9.17) is 4.42 Å². The number of amides is 1. The van der Waals surface area contributed by atoms with Gasteiger partial charge in [-0.25, -0.2) is 4.39 Å². The van der Waals surface area contributed by atoms with Crippen LogP contribution in [0.1, 0.15) is 36.5 Å². The Hall–Kier alpha value is -4.05. The molecule has 1 fully saturated rings. The Morgan fingerprint density at radius 2 is 1.97 bits per heavy atom. The molecule has 34 heavy (non-hydrogen) atoms. The lowest BCUT2D eigenvalue weighted by molar-refractivity contribution is -0.131. The Morgan fingerprint density at radius 1 is 1.18 bits per heavy atom. The van der Waals surface area contributed by atoms with Crippen molar-refractivity contribution in [2.75, 3.05) is 6.54 Å². The number of alkyl halides is 1. The van der Waals surface area contributed by atoms with E-state index < -0.39 is 11.7 Å². The molecule has 3 heterocycles. The first kappa shape index (κ1) is 21.8. The summed E-state index contributed by atoms with van der Waals surface area (Å²) in [5.41, 5.74) is 2.22. The summed E-state index contributed by atoms with van der Waals surface area (Å²) in [5, 5.41) is 11.0. The highest BCUT2D eigenvalue weighted by Crippen LogP contribution is 2.31. The molecule has 0 aliphatic carbocycles. The minimum atomic E-state index is -1.59. The predicted octanol–water partition coefficient (Wildman–Crippen LogP) is 5.46. The number of pyridine rings is 1. The summed E-state index contributed by atoms with van der Waals surface area (Å²) in [6, 6.07) is 16.4. The summed E-state index contributed by atoms with van der Waals surface area (Å²) in [4.78, 5) is 31.4. The predicted molar refractivity (Wildman–Crippen MR) is 126 cm³/mol. The van der Waals surface area contributed by atoms with Gasteiger partial charge in [0, 0.05) is 41.8 Å². The number of rotatable bonds is 5. The van der Waals surface area contributed by atoms with Crippen LogP contribution in [0.2, 0.25) is 0 Å². The molecule has 2 aromatic carbocycles. The summed E-state index contributed by atoms with van der Waals surface area (Å²) >= 11 is 0. The molecule has 0 N–H and O–H groups in total. The number of fused-ring (bicyclic) bond motifs is 2. The minimum absolute atomic E-state index is 0.00917. The molecule has 1 aliphatic rings. The molecule has 0 saturated carbocycles. The zero-order chi connectivity index (χ0) is 23.9. The summed E-state index contributed by atoms with van der Waals surface area (Å²) in [7, 11) is 0. The smallest absolute Gasteiger partial charge is 0.224 e. The average molecular weight is 455 g/mol. The van der Waals surface area contributed by atoms with Crippen molar-refractivity contribution in [3.63, 3.8) is 0 Å². The van der Waals surface area contributed by atoms with Crippen molar-refractivity contribution in [2.24, 2.45) is 0 Å². The van der Waals surface area contributed by atoms with E-state index >= 15 is 0 Å². The number of aromatic nitrogens is 1. The zero-order valence-electron chi connectivity index (χ0n) is 18.6. The summed E-state index contributed by atoms with van der Waals surface area (Å²) in [6.07, 6.45) is 3.10. The van der Waals surface area contributed by atoms with Gasteiger partial charge in [-0.3, -0.25) is 14.6 Å². The van der Waals surface area contributed by atoms with Crippen LogP contribution in [0.4, 0.5) is 4.39 Å². The summed E-state index contributed by atoms with van der Waals surface area (Å²) in [5.74, 6) is -0.581. The lowest BCUT2D eigenvalue weighted by atomic mass is 9.97. The molecule has 5 rings (SSSR count). The maximum Gasteiger partial charge on any atom is 0.224 e. The van der Waals surface area contributed by atoms with Crippen molar-refractivity contribution in [1.29, 1.82) is 5.26 Å². The number of furan rings is 1. The van der Waals surface area contributed by atoms with E-state index in [1.807, 2.05) is 48.5 Å². The number of ketones is 1. The van der Waals surface area contributed by atoms with E-state index in [0.717, 1.165) is 22.1 Å². The van der Waals surface area contributed by atoms with Gasteiger partial charge >= 0.3 is 0 Å². The van der Waals surface area contributed by atoms with E-state index in [0.29, 0.717) is 16.5 Å². The van der Waals surface area contributed by atoms with Crippen LogP contribution in [0.25, 0.3) is 33.0 Å². The van der Waals surface area contributed by atoms with Gasteiger partial charge in [0.1, 0.15) is 17.3 Å². The molecule has 2 atom stereocenters. The van der Waals surface area contributed by atoms with Crippen LogP contribution in [-0.2, 0) is 4.79 Å². The molecule has 1 aliphatic heterocycles. The Labute approximate surface area is 195 Å². The van der Waals surface area contributed by atoms with Gasteiger partial charge in [-0.05, 0) is 48.4 Å². The van der Waals surface area contributed by atoms with Crippen molar-refractivity contribution < 1.29 is 18.4 Å². The van der Waals surface area contributed by atoms with Crippen LogP contribution >= 0.6 is 0 Å². The molecule has 1 saturated heterocycles. The SMILES string of the molecule is CC1(F)C[C@@H](C#N)N(C(=O)CCC(=O)c2ccnc3ccc(-c4ccc5ccoc5c4)cc23)C1. The van der Waals surface area contributed by atoms with E-state index in [2.05, 4.69) is 4.98 Å². The van der Waals surface area contributed by atoms with E-state index in [1.54, 1.807) is 18.5 Å². The minimum Gasteiger partial charge on any atom is -0.464 e. The van der Waals surface area contributed by atoms with Crippen molar-refractivity contribution in [3.8, 4) is 17.2 Å². The summed E-state index contributed by atoms with van der Waals surface area (Å²) < 4.78 is 19.8. The zero-order valence-corrected chi connectivity index (χ0v) is 18.6. The van der Waals surface area contributed by atoms with Crippen molar-refractivity contribution in [3.05, 3.63) is 66.6 Å². The monoisotopic (exact) mass is 455 g/mol. The molecule has 0 radical (unpaired) electrons. The molecule has 170 valence electrons. The van der Waals surface area contributed by atoms with Gasteiger partial charge in [0.05, 0.1) is 24.4 Å². The quantitative estimate of drug-likeness (QED) is 0.373. The molecular weight excluding hydrogens is 433 g/mol. The van der Waals surface area contributed by atoms with E-state index in [1.165, 1.54) is 11.8 Å². The van der Waals surface area contributed by atoms with Crippen molar-refractivity contribution in [1.82, 2.24) is 9.88 Å². The van der Waals surface area contributed by atoms with Gasteiger partial charge in [0.25, 0.3) is 0 Å². The third kappa shape index (κ3) is 4.03. The molecule has 7 heteroatoms. The second kappa shape index (κ2) is 8.38. The van der Waals surface area contributed by atoms with E-state index in [-0.39, 0.29) is 37.5 Å². The molecule has 6 nitrogen and oxygen atoms in total. The number of benzene rings is 2. The van der Waals surface area contributed by atoms with Crippen LogP contribution in [-0.4, -0.2) is 39.8 Å². The number of likely N-dealkylation sites (tertiary alicyclic amines) is 1. The summed E-state index contributed by atoms with van der Waals surface area (Å²) in [6.45, 7) is 1.26. The van der Waals surface area contributed by atoms with Gasteiger partial charge in [0.15, 0.2) is 5.78 Å².